The van der Waals surface area contributed by atoms with E-state index in [4.69, 9.17) is 4.74 Å². The van der Waals surface area contributed by atoms with Gasteiger partial charge in [-0.2, -0.15) is 13.2 Å². The molecule has 0 aliphatic heterocycles. The second-order valence-electron chi connectivity index (χ2n) is 4.56. The molecule has 2 nitrogen and oxygen atoms in total. The molecule has 0 bridgehead atoms. The van der Waals surface area contributed by atoms with Crippen LogP contribution >= 0.6 is 0 Å². The highest BCUT2D eigenvalue weighted by molar-refractivity contribution is 6.11. The van der Waals surface area contributed by atoms with Gasteiger partial charge in [0.05, 0.1) is 18.2 Å². The van der Waals surface area contributed by atoms with Crippen molar-refractivity contribution in [2.75, 3.05) is 7.11 Å². The molecule has 21 heavy (non-hydrogen) atoms. The lowest BCUT2D eigenvalue weighted by molar-refractivity contribution is -0.137. The summed E-state index contributed by atoms with van der Waals surface area (Å²) in [6.07, 6.45) is -4.42. The van der Waals surface area contributed by atoms with E-state index >= 15 is 0 Å². The Morgan fingerprint density at radius 2 is 1.71 bits per heavy atom. The fourth-order valence-corrected chi connectivity index (χ4v) is 2.07. The van der Waals surface area contributed by atoms with E-state index in [9.17, 15) is 18.0 Å². The first-order valence-electron chi connectivity index (χ1n) is 6.20. The molecule has 0 saturated heterocycles. The molecule has 5 heteroatoms. The van der Waals surface area contributed by atoms with E-state index in [1.165, 1.54) is 20.1 Å². The van der Waals surface area contributed by atoms with E-state index < -0.39 is 11.7 Å². The van der Waals surface area contributed by atoms with Crippen LogP contribution in [0.25, 0.3) is 0 Å². The SMILES string of the molecule is COc1ccccc1C(=O)c1ccc(C(F)(F)F)cc1C. The van der Waals surface area contributed by atoms with E-state index in [1.807, 2.05) is 0 Å². The van der Waals surface area contributed by atoms with E-state index in [1.54, 1.807) is 24.3 Å². The zero-order valence-corrected chi connectivity index (χ0v) is 11.5. The van der Waals surface area contributed by atoms with Crippen LogP contribution in [-0.4, -0.2) is 12.9 Å². The lowest BCUT2D eigenvalue weighted by Crippen LogP contribution is -2.09. The summed E-state index contributed by atoms with van der Waals surface area (Å²) in [5, 5.41) is 0. The number of carbonyl (C=O) groups is 1. The van der Waals surface area contributed by atoms with Crippen molar-refractivity contribution >= 4 is 5.78 Å². The van der Waals surface area contributed by atoms with Crippen molar-refractivity contribution in [3.63, 3.8) is 0 Å². The second-order valence-corrected chi connectivity index (χ2v) is 4.56. The predicted molar refractivity (Wildman–Crippen MR) is 72.6 cm³/mol. The van der Waals surface area contributed by atoms with Gasteiger partial charge >= 0.3 is 6.18 Å². The van der Waals surface area contributed by atoms with Gasteiger partial charge in [0.2, 0.25) is 0 Å². The maximum Gasteiger partial charge on any atom is 0.416 e. The highest BCUT2D eigenvalue weighted by Gasteiger charge is 2.31. The van der Waals surface area contributed by atoms with Gasteiger partial charge in [0.15, 0.2) is 5.78 Å². The maximum atomic E-state index is 12.6. The minimum absolute atomic E-state index is 0.229. The highest BCUT2D eigenvalue weighted by atomic mass is 19.4. The first-order chi connectivity index (χ1) is 9.84. The third-order valence-corrected chi connectivity index (χ3v) is 3.15. The summed E-state index contributed by atoms with van der Waals surface area (Å²) in [4.78, 5) is 12.4. The van der Waals surface area contributed by atoms with Gasteiger partial charge in [0, 0.05) is 5.56 Å². The molecular formula is C16H13F3O2. The molecule has 110 valence electrons. The minimum atomic E-state index is -4.42. The van der Waals surface area contributed by atoms with Crippen molar-refractivity contribution in [2.45, 2.75) is 13.1 Å². The van der Waals surface area contributed by atoms with Crippen molar-refractivity contribution in [3.05, 3.63) is 64.7 Å². The lowest BCUT2D eigenvalue weighted by Gasteiger charge is -2.12. The molecule has 0 unspecified atom stereocenters. The average Bonchev–Trinajstić information content (AvgIpc) is 2.45. The molecule has 2 aromatic rings. The smallest absolute Gasteiger partial charge is 0.416 e. The van der Waals surface area contributed by atoms with Crippen LogP contribution < -0.4 is 4.74 Å². The number of para-hydroxylation sites is 1. The number of hydrogen-bond acceptors (Lipinski definition) is 2. The number of benzene rings is 2. The van der Waals surface area contributed by atoms with Crippen LogP contribution in [-0.2, 0) is 6.18 Å². The molecule has 0 N–H and O–H groups in total. The van der Waals surface area contributed by atoms with Crippen LogP contribution in [0.1, 0.15) is 27.0 Å². The number of aryl methyl sites for hydroxylation is 1. The first kappa shape index (κ1) is 15.1. The lowest BCUT2D eigenvalue weighted by atomic mass is 9.96. The monoisotopic (exact) mass is 294 g/mol. The topological polar surface area (TPSA) is 26.3 Å². The van der Waals surface area contributed by atoms with Gasteiger partial charge < -0.3 is 4.74 Å². The number of ketones is 1. The van der Waals surface area contributed by atoms with Gasteiger partial charge in [0.1, 0.15) is 5.75 Å². The largest absolute Gasteiger partial charge is 0.496 e. The van der Waals surface area contributed by atoms with Crippen LogP contribution in [0.5, 0.6) is 5.75 Å². The fraction of sp³-hybridized carbons (Fsp3) is 0.188. The van der Waals surface area contributed by atoms with Crippen molar-refractivity contribution < 1.29 is 22.7 Å². The highest BCUT2D eigenvalue weighted by Crippen LogP contribution is 2.31. The molecule has 0 radical (unpaired) electrons. The summed E-state index contributed by atoms with van der Waals surface area (Å²) in [5.41, 5.74) is 0.0627. The summed E-state index contributed by atoms with van der Waals surface area (Å²) < 4.78 is 43.0. The van der Waals surface area contributed by atoms with Crippen LogP contribution in [0, 0.1) is 6.92 Å². The Morgan fingerprint density at radius 1 is 1.05 bits per heavy atom. The predicted octanol–water partition coefficient (Wildman–Crippen LogP) is 4.25. The van der Waals surface area contributed by atoms with Crippen LogP contribution in [0.4, 0.5) is 13.2 Å². The molecule has 0 saturated carbocycles. The molecule has 2 rings (SSSR count). The van der Waals surface area contributed by atoms with E-state index in [-0.39, 0.29) is 16.9 Å². The van der Waals surface area contributed by atoms with Crippen molar-refractivity contribution in [1.29, 1.82) is 0 Å². The quantitative estimate of drug-likeness (QED) is 0.791. The Hall–Kier alpha value is -2.30. The third kappa shape index (κ3) is 3.07. The molecule has 0 spiro atoms. The zero-order valence-electron chi connectivity index (χ0n) is 11.5. The molecule has 0 atom stereocenters. The molecule has 0 amide bonds. The number of alkyl halides is 3. The van der Waals surface area contributed by atoms with E-state index in [0.29, 0.717) is 11.3 Å². The first-order valence-corrected chi connectivity index (χ1v) is 6.20. The molecule has 0 fully saturated rings. The molecule has 0 aliphatic carbocycles. The molecule has 2 aromatic carbocycles. The fourth-order valence-electron chi connectivity index (χ4n) is 2.07. The van der Waals surface area contributed by atoms with Gasteiger partial charge in [-0.25, -0.2) is 0 Å². The maximum absolute atomic E-state index is 12.6. The molecule has 0 heterocycles. The van der Waals surface area contributed by atoms with Crippen LogP contribution in [0.15, 0.2) is 42.5 Å². The van der Waals surface area contributed by atoms with Gasteiger partial charge in [0.25, 0.3) is 0 Å². The Balaban J connectivity index is 2.45. The number of methoxy groups -OCH3 is 1. The summed E-state index contributed by atoms with van der Waals surface area (Å²) in [7, 11) is 1.44. The van der Waals surface area contributed by atoms with Gasteiger partial charge in [-0.1, -0.05) is 18.2 Å². The average molecular weight is 294 g/mol. The third-order valence-electron chi connectivity index (χ3n) is 3.15. The van der Waals surface area contributed by atoms with Crippen molar-refractivity contribution in [2.24, 2.45) is 0 Å². The summed E-state index contributed by atoms with van der Waals surface area (Å²) >= 11 is 0. The molecular weight excluding hydrogens is 281 g/mol. The van der Waals surface area contributed by atoms with Crippen LogP contribution in [0.3, 0.4) is 0 Å². The van der Waals surface area contributed by atoms with Crippen molar-refractivity contribution in [3.8, 4) is 5.75 Å². The van der Waals surface area contributed by atoms with E-state index in [2.05, 4.69) is 0 Å². The Kier molecular flexibility index (Phi) is 4.02. The number of rotatable bonds is 3. The normalized spacial score (nSPS) is 11.3. The van der Waals surface area contributed by atoms with Gasteiger partial charge in [-0.05, 0) is 36.8 Å². The van der Waals surface area contributed by atoms with Gasteiger partial charge in [-0.15, -0.1) is 0 Å². The summed E-state index contributed by atoms with van der Waals surface area (Å²) in [5.74, 6) is 0.0282. The molecule has 0 aliphatic rings. The Labute approximate surface area is 120 Å². The Morgan fingerprint density at radius 3 is 2.29 bits per heavy atom. The van der Waals surface area contributed by atoms with E-state index in [0.717, 1.165) is 12.1 Å². The summed E-state index contributed by atoms with van der Waals surface area (Å²) in [6, 6.07) is 9.69. The minimum Gasteiger partial charge on any atom is -0.496 e. The Bertz CT molecular complexity index is 675. The van der Waals surface area contributed by atoms with Gasteiger partial charge in [-0.3, -0.25) is 4.79 Å². The summed E-state index contributed by atoms with van der Waals surface area (Å²) in [6.45, 7) is 1.48. The van der Waals surface area contributed by atoms with Crippen LogP contribution in [0.2, 0.25) is 0 Å². The number of ether oxygens (including phenoxy) is 1. The second kappa shape index (κ2) is 5.60. The number of hydrogen-bond donors (Lipinski definition) is 0. The zero-order chi connectivity index (χ0) is 15.6. The number of carbonyl (C=O) groups excluding carboxylic acids is 1. The number of halogens is 3. The standard InChI is InChI=1S/C16H13F3O2/c1-10-9-11(16(17,18)19)7-8-12(10)15(20)13-5-3-4-6-14(13)21-2/h3-9H,1-2H3. The van der Waals surface area contributed by atoms with Crippen molar-refractivity contribution in [1.82, 2.24) is 0 Å². The molecule has 0 aromatic heterocycles.